The van der Waals surface area contributed by atoms with Crippen LogP contribution in [0.4, 0.5) is 0 Å². The highest BCUT2D eigenvalue weighted by atomic mass is 15.2. The van der Waals surface area contributed by atoms with Gasteiger partial charge in [0.1, 0.15) is 0 Å². The molecule has 3 rings (SSSR count). The monoisotopic (exact) mass is 286 g/mol. The average Bonchev–Trinajstić information content (AvgIpc) is 2.81. The van der Waals surface area contributed by atoms with E-state index in [0.29, 0.717) is 0 Å². The lowest BCUT2D eigenvalue weighted by Crippen LogP contribution is -2.48. The number of rotatable bonds is 5. The highest BCUT2D eigenvalue weighted by Gasteiger charge is 2.35. The Kier molecular flexibility index (Phi) is 4.66. The van der Waals surface area contributed by atoms with E-state index in [0.717, 1.165) is 24.7 Å². The van der Waals surface area contributed by atoms with Crippen LogP contribution in [-0.2, 0) is 6.54 Å². The van der Waals surface area contributed by atoms with Gasteiger partial charge in [-0.25, -0.2) is 0 Å². The standard InChI is InChI=1S/C19H30N2/c1-4-9-21(13-16-6-5-14(2)15(3)10-16)19-11-17-7-8-18(12-19)20-17/h5-6,10,17-20H,4,7-9,11-13H2,1-3H3. The van der Waals surface area contributed by atoms with E-state index in [1.165, 1.54) is 55.3 Å². The quantitative estimate of drug-likeness (QED) is 0.885. The number of fused-ring (bicyclic) bond motifs is 2. The zero-order valence-corrected chi connectivity index (χ0v) is 13.9. The van der Waals surface area contributed by atoms with Crippen molar-refractivity contribution in [1.29, 1.82) is 0 Å². The Balaban J connectivity index is 1.70. The van der Waals surface area contributed by atoms with Gasteiger partial charge >= 0.3 is 0 Å². The molecule has 2 atom stereocenters. The fourth-order valence-corrected chi connectivity index (χ4v) is 4.14. The van der Waals surface area contributed by atoms with Crippen LogP contribution in [0.1, 0.15) is 55.7 Å². The van der Waals surface area contributed by atoms with Crippen LogP contribution in [0.2, 0.25) is 0 Å². The Morgan fingerprint density at radius 2 is 1.81 bits per heavy atom. The third-order valence-corrected chi connectivity index (χ3v) is 5.43. The van der Waals surface area contributed by atoms with Gasteiger partial charge in [0.15, 0.2) is 0 Å². The van der Waals surface area contributed by atoms with Crippen LogP contribution in [0.25, 0.3) is 0 Å². The molecule has 1 N–H and O–H groups in total. The molecule has 1 aromatic rings. The minimum Gasteiger partial charge on any atom is -0.311 e. The van der Waals surface area contributed by atoms with Crippen LogP contribution < -0.4 is 5.32 Å². The summed E-state index contributed by atoms with van der Waals surface area (Å²) in [4.78, 5) is 2.75. The Bertz CT molecular complexity index is 470. The summed E-state index contributed by atoms with van der Waals surface area (Å²) in [7, 11) is 0. The molecule has 0 radical (unpaired) electrons. The van der Waals surface area contributed by atoms with Crippen molar-refractivity contribution in [2.75, 3.05) is 6.54 Å². The molecule has 0 aromatic heterocycles. The third-order valence-electron chi connectivity index (χ3n) is 5.43. The minimum atomic E-state index is 0.783. The molecule has 2 heterocycles. The van der Waals surface area contributed by atoms with Crippen molar-refractivity contribution in [3.05, 3.63) is 34.9 Å². The van der Waals surface area contributed by atoms with Gasteiger partial charge in [-0.1, -0.05) is 25.1 Å². The topological polar surface area (TPSA) is 15.3 Å². The average molecular weight is 286 g/mol. The maximum atomic E-state index is 3.77. The van der Waals surface area contributed by atoms with Crippen LogP contribution in [0, 0.1) is 13.8 Å². The van der Waals surface area contributed by atoms with Crippen LogP contribution in [0.5, 0.6) is 0 Å². The number of aryl methyl sites for hydroxylation is 2. The van der Waals surface area contributed by atoms with Crippen LogP contribution in [-0.4, -0.2) is 29.6 Å². The molecule has 21 heavy (non-hydrogen) atoms. The Labute approximate surface area is 129 Å². The van der Waals surface area contributed by atoms with Crippen molar-refractivity contribution in [3.8, 4) is 0 Å². The fourth-order valence-electron chi connectivity index (χ4n) is 4.14. The van der Waals surface area contributed by atoms with Gasteiger partial charge in [-0.2, -0.15) is 0 Å². The van der Waals surface area contributed by atoms with E-state index in [2.05, 4.69) is 49.2 Å². The zero-order valence-electron chi connectivity index (χ0n) is 13.9. The molecule has 0 amide bonds. The smallest absolute Gasteiger partial charge is 0.0236 e. The molecule has 2 unspecified atom stereocenters. The second kappa shape index (κ2) is 6.50. The minimum absolute atomic E-state index is 0.783. The van der Waals surface area contributed by atoms with Gasteiger partial charge in [0.25, 0.3) is 0 Å². The van der Waals surface area contributed by atoms with E-state index >= 15 is 0 Å². The molecular formula is C19H30N2. The molecule has 2 bridgehead atoms. The number of hydrogen-bond acceptors (Lipinski definition) is 2. The van der Waals surface area contributed by atoms with Gasteiger partial charge in [0.2, 0.25) is 0 Å². The molecule has 2 fully saturated rings. The summed E-state index contributed by atoms with van der Waals surface area (Å²) < 4.78 is 0. The maximum Gasteiger partial charge on any atom is 0.0236 e. The largest absolute Gasteiger partial charge is 0.311 e. The first-order valence-corrected chi connectivity index (χ1v) is 8.72. The Hall–Kier alpha value is -0.860. The van der Waals surface area contributed by atoms with Crippen molar-refractivity contribution < 1.29 is 0 Å². The summed E-state index contributed by atoms with van der Waals surface area (Å²) in [6.07, 6.45) is 6.74. The van der Waals surface area contributed by atoms with E-state index in [1.54, 1.807) is 0 Å². The molecule has 2 aliphatic heterocycles. The van der Waals surface area contributed by atoms with Crippen LogP contribution >= 0.6 is 0 Å². The van der Waals surface area contributed by atoms with E-state index in [-0.39, 0.29) is 0 Å². The second-order valence-corrected chi connectivity index (χ2v) is 7.15. The summed E-state index contributed by atoms with van der Waals surface area (Å²) in [6, 6.07) is 9.33. The van der Waals surface area contributed by atoms with E-state index < -0.39 is 0 Å². The van der Waals surface area contributed by atoms with Gasteiger partial charge in [-0.05, 0) is 69.2 Å². The van der Waals surface area contributed by atoms with Gasteiger partial charge in [0, 0.05) is 24.7 Å². The van der Waals surface area contributed by atoms with Crippen molar-refractivity contribution in [3.63, 3.8) is 0 Å². The van der Waals surface area contributed by atoms with E-state index in [9.17, 15) is 0 Å². The molecule has 1 aromatic carbocycles. The predicted molar refractivity (Wildman–Crippen MR) is 89.6 cm³/mol. The van der Waals surface area contributed by atoms with Crippen molar-refractivity contribution in [1.82, 2.24) is 10.2 Å². The number of nitrogens with one attached hydrogen (secondary N) is 1. The first kappa shape index (κ1) is 15.1. The number of nitrogens with zero attached hydrogens (tertiary/aromatic N) is 1. The highest BCUT2D eigenvalue weighted by molar-refractivity contribution is 5.29. The highest BCUT2D eigenvalue weighted by Crippen LogP contribution is 2.30. The molecule has 0 aliphatic carbocycles. The molecular weight excluding hydrogens is 256 g/mol. The molecule has 2 nitrogen and oxygen atoms in total. The first-order valence-electron chi connectivity index (χ1n) is 8.72. The van der Waals surface area contributed by atoms with Gasteiger partial charge < -0.3 is 5.32 Å². The second-order valence-electron chi connectivity index (χ2n) is 7.15. The van der Waals surface area contributed by atoms with E-state index in [4.69, 9.17) is 0 Å². The van der Waals surface area contributed by atoms with Crippen LogP contribution in [0.3, 0.4) is 0 Å². The van der Waals surface area contributed by atoms with Crippen molar-refractivity contribution in [2.45, 2.75) is 77.5 Å². The zero-order chi connectivity index (χ0) is 14.8. The molecule has 2 heteroatoms. The lowest BCUT2D eigenvalue weighted by molar-refractivity contribution is 0.134. The lowest BCUT2D eigenvalue weighted by atomic mass is 9.97. The number of hydrogen-bond donors (Lipinski definition) is 1. The Morgan fingerprint density at radius 3 is 2.43 bits per heavy atom. The molecule has 2 aliphatic rings. The fraction of sp³-hybridized carbons (Fsp3) is 0.684. The SMILES string of the molecule is CCCN(Cc1ccc(C)c(C)c1)C1CC2CCC(C1)N2. The van der Waals surface area contributed by atoms with Gasteiger partial charge in [-0.15, -0.1) is 0 Å². The summed E-state index contributed by atoms with van der Waals surface area (Å²) in [5.74, 6) is 0. The molecule has 116 valence electrons. The van der Waals surface area contributed by atoms with Crippen LogP contribution in [0.15, 0.2) is 18.2 Å². The molecule has 2 saturated heterocycles. The number of piperidine rings is 1. The summed E-state index contributed by atoms with van der Waals surface area (Å²) in [5, 5.41) is 3.77. The summed E-state index contributed by atoms with van der Waals surface area (Å²) >= 11 is 0. The van der Waals surface area contributed by atoms with E-state index in [1.807, 2.05) is 0 Å². The molecule has 0 saturated carbocycles. The van der Waals surface area contributed by atoms with Gasteiger partial charge in [0.05, 0.1) is 0 Å². The summed E-state index contributed by atoms with van der Waals surface area (Å²) in [5.41, 5.74) is 4.31. The van der Waals surface area contributed by atoms with Crippen molar-refractivity contribution in [2.24, 2.45) is 0 Å². The van der Waals surface area contributed by atoms with Gasteiger partial charge in [-0.3, -0.25) is 4.90 Å². The normalized spacial score (nSPS) is 28.3. The maximum absolute atomic E-state index is 3.77. The third kappa shape index (κ3) is 3.49. The number of benzene rings is 1. The summed E-state index contributed by atoms with van der Waals surface area (Å²) in [6.45, 7) is 9.10. The lowest BCUT2D eigenvalue weighted by Gasteiger charge is -2.38. The first-order chi connectivity index (χ1) is 10.2. The predicted octanol–water partition coefficient (Wildman–Crippen LogP) is 3.80. The molecule has 0 spiro atoms. The van der Waals surface area contributed by atoms with Crippen molar-refractivity contribution >= 4 is 0 Å². The Morgan fingerprint density at radius 1 is 1.10 bits per heavy atom.